The molecule has 1 aromatic heterocycles. The van der Waals surface area contributed by atoms with Gasteiger partial charge < -0.3 is 10.5 Å². The number of pyridine rings is 1. The number of rotatable bonds is 2. The minimum atomic E-state index is 0.294. The first-order chi connectivity index (χ1) is 9.67. The molecular formula is C15H12ClN3O. The second-order valence-electron chi connectivity index (χ2n) is 4.70. The van der Waals surface area contributed by atoms with Gasteiger partial charge in [-0.2, -0.15) is 5.26 Å². The summed E-state index contributed by atoms with van der Waals surface area (Å²) >= 11 is 5.93. The first-order valence-corrected chi connectivity index (χ1v) is 6.71. The van der Waals surface area contributed by atoms with Crippen LogP contribution in [-0.2, 0) is 12.8 Å². The zero-order valence-electron chi connectivity index (χ0n) is 10.7. The van der Waals surface area contributed by atoms with E-state index < -0.39 is 0 Å². The molecule has 0 spiro atoms. The van der Waals surface area contributed by atoms with Gasteiger partial charge in [0.25, 0.3) is 0 Å². The van der Waals surface area contributed by atoms with Crippen LogP contribution in [0.5, 0.6) is 11.6 Å². The van der Waals surface area contributed by atoms with Crippen LogP contribution in [0.3, 0.4) is 0 Å². The molecule has 0 aliphatic heterocycles. The van der Waals surface area contributed by atoms with Crippen LogP contribution in [-0.4, -0.2) is 4.98 Å². The van der Waals surface area contributed by atoms with Crippen LogP contribution in [0.25, 0.3) is 0 Å². The van der Waals surface area contributed by atoms with Crippen LogP contribution in [0.15, 0.2) is 24.3 Å². The van der Waals surface area contributed by atoms with Gasteiger partial charge in [0, 0.05) is 16.8 Å². The van der Waals surface area contributed by atoms with Crippen molar-refractivity contribution in [2.45, 2.75) is 19.3 Å². The van der Waals surface area contributed by atoms with Crippen LogP contribution in [0.1, 0.15) is 23.2 Å². The molecule has 0 unspecified atom stereocenters. The van der Waals surface area contributed by atoms with E-state index in [-0.39, 0.29) is 0 Å². The Morgan fingerprint density at radius 3 is 2.95 bits per heavy atom. The highest BCUT2D eigenvalue weighted by Gasteiger charge is 2.18. The Balaban J connectivity index is 2.02. The van der Waals surface area contributed by atoms with Crippen molar-refractivity contribution in [1.82, 2.24) is 4.98 Å². The fourth-order valence-electron chi connectivity index (χ4n) is 2.31. The molecule has 0 atom stereocenters. The van der Waals surface area contributed by atoms with Gasteiger partial charge in [-0.05, 0) is 43.0 Å². The number of nitriles is 1. The molecule has 5 heteroatoms. The number of benzene rings is 1. The number of hydrogen-bond acceptors (Lipinski definition) is 4. The average molecular weight is 286 g/mol. The monoisotopic (exact) mass is 285 g/mol. The van der Waals surface area contributed by atoms with E-state index in [1.54, 1.807) is 18.2 Å². The summed E-state index contributed by atoms with van der Waals surface area (Å²) in [6.07, 6.45) is 2.95. The third-order valence-electron chi connectivity index (χ3n) is 3.32. The normalized spacial score (nSPS) is 12.8. The average Bonchev–Trinajstić information content (AvgIpc) is 2.89. The van der Waals surface area contributed by atoms with Gasteiger partial charge in [-0.15, -0.1) is 0 Å². The molecule has 0 amide bonds. The van der Waals surface area contributed by atoms with E-state index in [4.69, 9.17) is 22.1 Å². The van der Waals surface area contributed by atoms with E-state index in [2.05, 4.69) is 11.1 Å². The minimum Gasteiger partial charge on any atom is -0.435 e. The van der Waals surface area contributed by atoms with Gasteiger partial charge in [0.05, 0.1) is 5.69 Å². The second-order valence-corrected chi connectivity index (χ2v) is 5.13. The number of fused-ring (bicyclic) bond motifs is 1. The zero-order chi connectivity index (χ0) is 14.1. The smallest absolute Gasteiger partial charge is 0.237 e. The highest BCUT2D eigenvalue weighted by molar-refractivity contribution is 6.30. The number of aryl methyl sites for hydroxylation is 2. The van der Waals surface area contributed by atoms with Crippen molar-refractivity contribution in [3.8, 4) is 17.7 Å². The van der Waals surface area contributed by atoms with Crippen LogP contribution < -0.4 is 10.5 Å². The number of nitrogen functional groups attached to an aromatic ring is 1. The number of anilines is 1. The quantitative estimate of drug-likeness (QED) is 0.858. The molecule has 0 fully saturated rings. The van der Waals surface area contributed by atoms with Crippen molar-refractivity contribution >= 4 is 17.3 Å². The van der Waals surface area contributed by atoms with Gasteiger partial charge in [0.1, 0.15) is 11.6 Å². The molecule has 1 aromatic carbocycles. The van der Waals surface area contributed by atoms with Crippen molar-refractivity contribution in [3.05, 3.63) is 46.1 Å². The summed E-state index contributed by atoms with van der Waals surface area (Å²) in [5, 5.41) is 9.75. The Morgan fingerprint density at radius 1 is 1.30 bits per heavy atom. The predicted molar refractivity (Wildman–Crippen MR) is 76.9 cm³/mol. The van der Waals surface area contributed by atoms with E-state index in [1.165, 1.54) is 0 Å². The zero-order valence-corrected chi connectivity index (χ0v) is 11.4. The van der Waals surface area contributed by atoms with Crippen LogP contribution in [0, 0.1) is 11.3 Å². The summed E-state index contributed by atoms with van der Waals surface area (Å²) in [4.78, 5) is 4.45. The maximum Gasteiger partial charge on any atom is 0.237 e. The predicted octanol–water partition coefficient (Wildman–Crippen LogP) is 3.47. The van der Waals surface area contributed by atoms with Gasteiger partial charge in [0.2, 0.25) is 5.88 Å². The molecule has 2 N–H and O–H groups in total. The topological polar surface area (TPSA) is 71.9 Å². The number of hydrogen-bond donors (Lipinski definition) is 1. The third kappa shape index (κ3) is 2.28. The summed E-state index contributed by atoms with van der Waals surface area (Å²) in [6, 6.07) is 8.94. The molecule has 1 aliphatic carbocycles. The number of ether oxygens (including phenoxy) is 1. The molecule has 4 nitrogen and oxygen atoms in total. The summed E-state index contributed by atoms with van der Waals surface area (Å²) in [6.45, 7) is 0. The molecule has 3 rings (SSSR count). The molecule has 100 valence electrons. The standard InChI is InChI=1S/C15H12ClN3O/c16-11-4-5-12(18)14(7-11)20-15-10(8-17)6-9-2-1-3-13(9)19-15/h4-7H,1-3,18H2. The summed E-state index contributed by atoms with van der Waals surface area (Å²) in [5.41, 5.74) is 8.86. The minimum absolute atomic E-state index is 0.294. The Morgan fingerprint density at radius 2 is 2.15 bits per heavy atom. The fraction of sp³-hybridized carbons (Fsp3) is 0.200. The molecular weight excluding hydrogens is 274 g/mol. The lowest BCUT2D eigenvalue weighted by Crippen LogP contribution is -1.99. The van der Waals surface area contributed by atoms with Gasteiger partial charge >= 0.3 is 0 Å². The number of halogens is 1. The Kier molecular flexibility index (Phi) is 3.21. The largest absolute Gasteiger partial charge is 0.435 e. The lowest BCUT2D eigenvalue weighted by atomic mass is 10.1. The maximum absolute atomic E-state index is 9.22. The van der Waals surface area contributed by atoms with Crippen molar-refractivity contribution in [1.29, 1.82) is 5.26 Å². The van der Waals surface area contributed by atoms with Crippen molar-refractivity contribution < 1.29 is 4.74 Å². The lowest BCUT2D eigenvalue weighted by molar-refractivity contribution is 0.461. The number of aromatic nitrogens is 1. The van der Waals surface area contributed by atoms with Gasteiger partial charge in [-0.1, -0.05) is 11.6 Å². The molecule has 20 heavy (non-hydrogen) atoms. The SMILES string of the molecule is N#Cc1cc2c(nc1Oc1cc(Cl)ccc1N)CCC2. The van der Waals surface area contributed by atoms with E-state index in [1.807, 2.05) is 6.07 Å². The third-order valence-corrected chi connectivity index (χ3v) is 3.55. The second kappa shape index (κ2) is 5.03. The molecule has 0 bridgehead atoms. The maximum atomic E-state index is 9.22. The number of nitrogens with two attached hydrogens (primary N) is 1. The Hall–Kier alpha value is -2.25. The van der Waals surface area contributed by atoms with Gasteiger partial charge in [-0.25, -0.2) is 4.98 Å². The van der Waals surface area contributed by atoms with Gasteiger partial charge in [-0.3, -0.25) is 0 Å². The Bertz CT molecular complexity index is 722. The van der Waals surface area contributed by atoms with Crippen molar-refractivity contribution in [2.75, 3.05) is 5.73 Å². The van der Waals surface area contributed by atoms with E-state index >= 15 is 0 Å². The van der Waals surface area contributed by atoms with Crippen LogP contribution >= 0.6 is 11.6 Å². The first kappa shape index (κ1) is 12.8. The Labute approximate surface area is 121 Å². The van der Waals surface area contributed by atoms with Crippen LogP contribution in [0.4, 0.5) is 5.69 Å². The first-order valence-electron chi connectivity index (χ1n) is 6.33. The van der Waals surface area contributed by atoms with E-state index in [0.29, 0.717) is 27.9 Å². The summed E-state index contributed by atoms with van der Waals surface area (Å²) in [7, 11) is 0. The van der Waals surface area contributed by atoms with Crippen LogP contribution in [0.2, 0.25) is 5.02 Å². The van der Waals surface area contributed by atoms with E-state index in [0.717, 1.165) is 30.5 Å². The highest BCUT2D eigenvalue weighted by atomic mass is 35.5. The van der Waals surface area contributed by atoms with Gasteiger partial charge in [0.15, 0.2) is 5.75 Å². The molecule has 2 aromatic rings. The molecule has 1 heterocycles. The van der Waals surface area contributed by atoms with Crippen molar-refractivity contribution in [2.24, 2.45) is 0 Å². The summed E-state index contributed by atoms with van der Waals surface area (Å²) in [5.74, 6) is 0.710. The lowest BCUT2D eigenvalue weighted by Gasteiger charge is -2.10. The molecule has 1 aliphatic rings. The van der Waals surface area contributed by atoms with E-state index in [9.17, 15) is 5.26 Å². The highest BCUT2D eigenvalue weighted by Crippen LogP contribution is 2.33. The molecule has 0 saturated heterocycles. The van der Waals surface area contributed by atoms with Crippen molar-refractivity contribution in [3.63, 3.8) is 0 Å². The fourth-order valence-corrected chi connectivity index (χ4v) is 2.47. The number of nitrogens with zero attached hydrogens (tertiary/aromatic N) is 2. The molecule has 0 radical (unpaired) electrons. The summed E-state index contributed by atoms with van der Waals surface area (Å²) < 4.78 is 5.69. The molecule has 0 saturated carbocycles.